The highest BCUT2D eigenvalue weighted by molar-refractivity contribution is 7.90. The third-order valence-corrected chi connectivity index (χ3v) is 5.92. The first kappa shape index (κ1) is 19.4. The van der Waals surface area contributed by atoms with Crippen LogP contribution in [0.4, 0.5) is 0 Å². The summed E-state index contributed by atoms with van der Waals surface area (Å²) in [4.78, 5) is 11.6. The van der Waals surface area contributed by atoms with Crippen LogP contribution in [-0.2, 0) is 20.3 Å². The Hall–Kier alpha value is -3.32. The van der Waals surface area contributed by atoms with Crippen LogP contribution in [0.5, 0.6) is 11.5 Å². The second-order valence-corrected chi connectivity index (χ2v) is 8.14. The van der Waals surface area contributed by atoms with Gasteiger partial charge < -0.3 is 14.9 Å². The van der Waals surface area contributed by atoms with Crippen molar-refractivity contribution in [1.82, 2.24) is 0 Å². The van der Waals surface area contributed by atoms with Gasteiger partial charge in [-0.3, -0.25) is 0 Å². The van der Waals surface area contributed by atoms with Crippen molar-refractivity contribution in [2.24, 2.45) is 0 Å². The van der Waals surface area contributed by atoms with Gasteiger partial charge in [-0.15, -0.1) is 0 Å². The molecule has 0 bridgehead atoms. The zero-order valence-corrected chi connectivity index (χ0v) is 15.8. The Morgan fingerprint density at radius 3 is 2.36 bits per heavy atom. The van der Waals surface area contributed by atoms with Crippen molar-refractivity contribution in [3.8, 4) is 22.6 Å². The molecule has 0 radical (unpaired) electrons. The minimum Gasteiger partial charge on any atom is -0.507 e. The molecule has 0 aliphatic rings. The topological polar surface area (TPSA) is 101 Å². The molecule has 0 saturated carbocycles. The van der Waals surface area contributed by atoms with Gasteiger partial charge in [-0.1, -0.05) is 36.4 Å². The fraction of sp³-hybridized carbons (Fsp3) is 0.0952. The number of ether oxygens (including phenoxy) is 1. The summed E-state index contributed by atoms with van der Waals surface area (Å²) in [6.45, 7) is 0. The summed E-state index contributed by atoms with van der Waals surface area (Å²) >= 11 is 0. The average Bonchev–Trinajstić information content (AvgIpc) is 2.68. The second-order valence-electron chi connectivity index (χ2n) is 6.15. The highest BCUT2D eigenvalue weighted by atomic mass is 32.2. The summed E-state index contributed by atoms with van der Waals surface area (Å²) in [6.07, 6.45) is 0. The van der Waals surface area contributed by atoms with Gasteiger partial charge in [0.05, 0.1) is 17.8 Å². The molecule has 144 valence electrons. The van der Waals surface area contributed by atoms with Crippen molar-refractivity contribution in [1.29, 1.82) is 0 Å². The Kier molecular flexibility index (Phi) is 5.37. The van der Waals surface area contributed by atoms with Gasteiger partial charge in [0.15, 0.2) is 9.84 Å². The predicted molar refractivity (Wildman–Crippen MR) is 104 cm³/mol. The summed E-state index contributed by atoms with van der Waals surface area (Å²) in [6, 6.07) is 17.0. The normalized spacial score (nSPS) is 11.2. The van der Waals surface area contributed by atoms with Crippen LogP contribution < -0.4 is 0 Å². The van der Waals surface area contributed by atoms with Crippen molar-refractivity contribution >= 4 is 15.8 Å². The van der Waals surface area contributed by atoms with Crippen LogP contribution in [0.3, 0.4) is 0 Å². The molecule has 3 rings (SSSR count). The number of methoxy groups -OCH3 is 1. The van der Waals surface area contributed by atoms with E-state index >= 15 is 0 Å². The van der Waals surface area contributed by atoms with E-state index in [0.717, 1.165) is 0 Å². The number of hydrogen-bond donors (Lipinski definition) is 2. The van der Waals surface area contributed by atoms with E-state index in [4.69, 9.17) is 0 Å². The van der Waals surface area contributed by atoms with E-state index in [0.29, 0.717) is 16.7 Å². The fourth-order valence-electron chi connectivity index (χ4n) is 2.83. The quantitative estimate of drug-likeness (QED) is 0.638. The lowest BCUT2D eigenvalue weighted by Gasteiger charge is -2.10. The highest BCUT2D eigenvalue weighted by Crippen LogP contribution is 2.31. The summed E-state index contributed by atoms with van der Waals surface area (Å²) in [5, 5.41) is 20.0. The number of phenols is 2. The van der Waals surface area contributed by atoms with Gasteiger partial charge in [0.2, 0.25) is 0 Å². The molecule has 0 unspecified atom stereocenters. The van der Waals surface area contributed by atoms with Crippen molar-refractivity contribution in [2.75, 3.05) is 7.11 Å². The minimum absolute atomic E-state index is 0.0369. The zero-order valence-electron chi connectivity index (χ0n) is 15.0. The second kappa shape index (κ2) is 7.74. The number of carbonyl (C=O) groups excluding carboxylic acids is 1. The molecule has 3 aromatic rings. The van der Waals surface area contributed by atoms with E-state index in [1.165, 1.54) is 43.5 Å². The average molecular weight is 398 g/mol. The van der Waals surface area contributed by atoms with Crippen LogP contribution in [0.25, 0.3) is 11.1 Å². The third kappa shape index (κ3) is 3.99. The minimum atomic E-state index is -3.72. The largest absolute Gasteiger partial charge is 0.507 e. The molecule has 0 spiro atoms. The molecule has 28 heavy (non-hydrogen) atoms. The van der Waals surface area contributed by atoms with E-state index in [1.807, 2.05) is 0 Å². The lowest BCUT2D eigenvalue weighted by atomic mass is 10.1. The molecular weight excluding hydrogens is 380 g/mol. The highest BCUT2D eigenvalue weighted by Gasteiger charge is 2.19. The number of hydrogen-bond acceptors (Lipinski definition) is 6. The van der Waals surface area contributed by atoms with Gasteiger partial charge in [0, 0.05) is 5.56 Å². The third-order valence-electron chi connectivity index (χ3n) is 4.23. The standard InChI is InChI=1S/C21H18O6S/c1-27-21(24)18-10-9-14(11-20(18)23)13-28(25,26)16-6-4-5-15(12-16)17-7-2-3-8-19(17)22/h2-12,22-23H,13H2,1H3. The summed E-state index contributed by atoms with van der Waals surface area (Å²) < 4.78 is 30.2. The first-order valence-corrected chi connectivity index (χ1v) is 9.98. The van der Waals surface area contributed by atoms with E-state index in [2.05, 4.69) is 4.74 Å². The maximum Gasteiger partial charge on any atom is 0.341 e. The smallest absolute Gasteiger partial charge is 0.341 e. The maximum absolute atomic E-state index is 12.8. The van der Waals surface area contributed by atoms with Gasteiger partial charge in [-0.05, 0) is 41.5 Å². The molecule has 0 saturated heterocycles. The Morgan fingerprint density at radius 1 is 0.929 bits per heavy atom. The maximum atomic E-state index is 12.8. The Labute approximate surface area is 162 Å². The van der Waals surface area contributed by atoms with E-state index in [1.54, 1.807) is 30.3 Å². The van der Waals surface area contributed by atoms with Crippen molar-refractivity contribution in [3.05, 3.63) is 77.9 Å². The first-order valence-electron chi connectivity index (χ1n) is 8.33. The summed E-state index contributed by atoms with van der Waals surface area (Å²) in [5.74, 6) is -1.35. The van der Waals surface area contributed by atoms with E-state index in [-0.39, 0.29) is 27.7 Å². The number of sulfone groups is 1. The van der Waals surface area contributed by atoms with Crippen LogP contribution >= 0.6 is 0 Å². The molecule has 0 aliphatic carbocycles. The molecule has 7 heteroatoms. The van der Waals surface area contributed by atoms with Crippen molar-refractivity contribution in [2.45, 2.75) is 10.6 Å². The fourth-order valence-corrected chi connectivity index (χ4v) is 4.20. The number of aromatic hydroxyl groups is 2. The summed E-state index contributed by atoms with van der Waals surface area (Å²) in [7, 11) is -2.53. The summed E-state index contributed by atoms with van der Waals surface area (Å²) in [5.41, 5.74) is 1.39. The molecule has 0 atom stereocenters. The van der Waals surface area contributed by atoms with Gasteiger partial charge in [0.25, 0.3) is 0 Å². The van der Waals surface area contributed by atoms with E-state index < -0.39 is 15.8 Å². The zero-order chi connectivity index (χ0) is 20.3. The lowest BCUT2D eigenvalue weighted by Crippen LogP contribution is -2.06. The SMILES string of the molecule is COC(=O)c1ccc(CS(=O)(=O)c2cccc(-c3ccccc3O)c2)cc1O. The molecule has 0 fully saturated rings. The first-order chi connectivity index (χ1) is 13.3. The Bertz CT molecular complexity index is 1140. The van der Waals surface area contributed by atoms with Crippen molar-refractivity contribution in [3.63, 3.8) is 0 Å². The molecule has 0 aromatic heterocycles. The van der Waals surface area contributed by atoms with Gasteiger partial charge in [-0.25, -0.2) is 13.2 Å². The van der Waals surface area contributed by atoms with Crippen molar-refractivity contribution < 1.29 is 28.2 Å². The number of benzene rings is 3. The van der Waals surface area contributed by atoms with Gasteiger partial charge in [0.1, 0.15) is 17.1 Å². The number of phenolic OH excluding ortho intramolecular Hbond substituents is 2. The van der Waals surface area contributed by atoms with E-state index in [9.17, 15) is 23.4 Å². The molecule has 0 amide bonds. The van der Waals surface area contributed by atoms with Gasteiger partial charge >= 0.3 is 5.97 Å². The molecule has 0 aliphatic heterocycles. The molecule has 3 aromatic carbocycles. The Morgan fingerprint density at radius 2 is 1.68 bits per heavy atom. The molecule has 2 N–H and O–H groups in total. The molecule has 6 nitrogen and oxygen atoms in total. The van der Waals surface area contributed by atoms with Crippen LogP contribution in [0, 0.1) is 0 Å². The number of carbonyl (C=O) groups is 1. The molecule has 0 heterocycles. The van der Waals surface area contributed by atoms with Crippen LogP contribution in [0.15, 0.2) is 71.6 Å². The lowest BCUT2D eigenvalue weighted by molar-refractivity contribution is 0.0597. The van der Waals surface area contributed by atoms with Gasteiger partial charge in [-0.2, -0.15) is 0 Å². The number of para-hydroxylation sites is 1. The number of rotatable bonds is 5. The van der Waals surface area contributed by atoms with Crippen LogP contribution in [0.1, 0.15) is 15.9 Å². The van der Waals surface area contributed by atoms with Crippen LogP contribution in [0.2, 0.25) is 0 Å². The molecular formula is C21H18O6S. The number of esters is 1. The Balaban J connectivity index is 1.92. The predicted octanol–water partition coefficient (Wildman–Crippen LogP) is 3.53. The van der Waals surface area contributed by atoms with Crippen LogP contribution in [-0.4, -0.2) is 31.7 Å². The monoisotopic (exact) mass is 398 g/mol.